The van der Waals surface area contributed by atoms with Crippen LogP contribution >= 0.6 is 11.6 Å². The maximum Gasteiger partial charge on any atom is 0.338 e. The molecule has 8 nitrogen and oxygen atoms in total. The summed E-state index contributed by atoms with van der Waals surface area (Å²) in [4.78, 5) is 50.5. The summed E-state index contributed by atoms with van der Waals surface area (Å²) in [6.45, 7) is -0.737. The molecule has 162 valence electrons. The molecular formula is C22H14ClFN2O6. The topological polar surface area (TPSA) is 106 Å². The lowest BCUT2D eigenvalue weighted by Gasteiger charge is -2.11. The van der Waals surface area contributed by atoms with Crippen LogP contribution in [0.3, 0.4) is 0 Å². The Morgan fingerprint density at radius 3 is 2.59 bits per heavy atom. The molecule has 0 atom stereocenters. The number of imide groups is 1. The summed E-state index contributed by atoms with van der Waals surface area (Å²) >= 11 is 5.76. The van der Waals surface area contributed by atoms with Gasteiger partial charge in [0.1, 0.15) is 11.6 Å². The van der Waals surface area contributed by atoms with Crippen LogP contribution in [-0.4, -0.2) is 35.2 Å². The first-order chi connectivity index (χ1) is 15.3. The van der Waals surface area contributed by atoms with Crippen molar-refractivity contribution in [3.05, 3.63) is 88.1 Å². The summed E-state index contributed by atoms with van der Waals surface area (Å²) < 4.78 is 23.8. The van der Waals surface area contributed by atoms with E-state index in [-0.39, 0.29) is 33.9 Å². The van der Waals surface area contributed by atoms with Crippen molar-refractivity contribution in [1.29, 1.82) is 0 Å². The average molecular weight is 457 g/mol. The summed E-state index contributed by atoms with van der Waals surface area (Å²) in [5.74, 6) is -3.03. The van der Waals surface area contributed by atoms with Gasteiger partial charge >= 0.3 is 5.97 Å². The lowest BCUT2D eigenvalue weighted by Crippen LogP contribution is -2.28. The molecular weight excluding hydrogens is 443 g/mol. The van der Waals surface area contributed by atoms with E-state index >= 15 is 0 Å². The van der Waals surface area contributed by atoms with Crippen molar-refractivity contribution in [2.24, 2.45) is 0 Å². The molecule has 0 fully saturated rings. The van der Waals surface area contributed by atoms with Crippen LogP contribution in [0.15, 0.2) is 59.2 Å². The minimum absolute atomic E-state index is 0.0218. The Bertz CT molecular complexity index is 1240. The van der Waals surface area contributed by atoms with E-state index < -0.39 is 36.1 Å². The lowest BCUT2D eigenvalue weighted by atomic mass is 10.1. The molecule has 3 amide bonds. The summed E-state index contributed by atoms with van der Waals surface area (Å²) in [5.41, 5.74) is 0.0112. The number of anilines is 1. The van der Waals surface area contributed by atoms with Gasteiger partial charge in [0.15, 0.2) is 6.61 Å². The van der Waals surface area contributed by atoms with Crippen LogP contribution in [0.1, 0.15) is 36.8 Å². The zero-order chi connectivity index (χ0) is 22.8. The Labute approximate surface area is 185 Å². The Morgan fingerprint density at radius 2 is 1.84 bits per heavy atom. The normalized spacial score (nSPS) is 12.6. The fraction of sp³-hybridized carbons (Fsp3) is 0.0909. The highest BCUT2D eigenvalue weighted by Crippen LogP contribution is 2.26. The van der Waals surface area contributed by atoms with Gasteiger partial charge in [-0.05, 0) is 48.5 Å². The molecule has 0 unspecified atom stereocenters. The quantitative estimate of drug-likeness (QED) is 0.448. The highest BCUT2D eigenvalue weighted by Gasteiger charge is 2.36. The number of hydrogen-bond donors (Lipinski definition) is 1. The number of nitrogens with one attached hydrogen (secondary N) is 1. The Kier molecular flexibility index (Phi) is 5.74. The molecule has 0 saturated heterocycles. The van der Waals surface area contributed by atoms with Gasteiger partial charge in [0.05, 0.1) is 35.2 Å². The van der Waals surface area contributed by atoms with Crippen LogP contribution in [-0.2, 0) is 16.1 Å². The number of hydrogen-bond acceptors (Lipinski definition) is 6. The third-order valence-electron chi connectivity index (χ3n) is 4.64. The van der Waals surface area contributed by atoms with Gasteiger partial charge in [0, 0.05) is 5.02 Å². The molecule has 32 heavy (non-hydrogen) atoms. The molecule has 0 bridgehead atoms. The zero-order valence-electron chi connectivity index (χ0n) is 16.3. The number of carbonyl (C=O) groups is 4. The molecule has 0 spiro atoms. The van der Waals surface area contributed by atoms with Crippen LogP contribution in [0, 0.1) is 5.82 Å². The van der Waals surface area contributed by atoms with Crippen LogP contribution < -0.4 is 5.32 Å². The molecule has 4 rings (SSSR count). The molecule has 0 radical (unpaired) electrons. The second kappa shape index (κ2) is 8.64. The largest absolute Gasteiger partial charge is 0.467 e. The van der Waals surface area contributed by atoms with E-state index in [1.165, 1.54) is 36.6 Å². The van der Waals surface area contributed by atoms with E-state index in [0.717, 1.165) is 11.0 Å². The molecule has 1 aliphatic heterocycles. The maximum absolute atomic E-state index is 13.7. The molecule has 10 heteroatoms. The molecule has 1 aromatic heterocycles. The number of amides is 3. The van der Waals surface area contributed by atoms with Gasteiger partial charge in [-0.25, -0.2) is 9.18 Å². The predicted octanol–water partition coefficient (Wildman–Crippen LogP) is 3.66. The number of nitrogens with zero attached hydrogens (tertiary/aromatic N) is 1. The van der Waals surface area contributed by atoms with Crippen LogP contribution in [0.25, 0.3) is 0 Å². The van der Waals surface area contributed by atoms with Crippen molar-refractivity contribution < 1.29 is 32.7 Å². The second-order valence-corrected chi connectivity index (χ2v) is 7.22. The average Bonchev–Trinajstić information content (AvgIpc) is 3.37. The van der Waals surface area contributed by atoms with Gasteiger partial charge in [-0.1, -0.05) is 11.6 Å². The minimum Gasteiger partial charge on any atom is -0.467 e. The lowest BCUT2D eigenvalue weighted by molar-refractivity contribution is -0.119. The van der Waals surface area contributed by atoms with Crippen molar-refractivity contribution in [2.75, 3.05) is 11.9 Å². The van der Waals surface area contributed by atoms with E-state index in [1.54, 1.807) is 12.1 Å². The van der Waals surface area contributed by atoms with Gasteiger partial charge in [-0.15, -0.1) is 0 Å². The maximum atomic E-state index is 13.7. The van der Waals surface area contributed by atoms with Gasteiger partial charge in [0.25, 0.3) is 17.7 Å². The Morgan fingerprint density at radius 1 is 1.06 bits per heavy atom. The van der Waals surface area contributed by atoms with Crippen molar-refractivity contribution in [2.45, 2.75) is 6.54 Å². The SMILES string of the molecule is O=C(COC(=O)c1ccc2c(c1)C(=O)N(Cc1ccco1)C2=O)Nc1cc(Cl)ccc1F. The van der Waals surface area contributed by atoms with Gasteiger partial charge < -0.3 is 14.5 Å². The predicted molar refractivity (Wildman–Crippen MR) is 110 cm³/mol. The highest BCUT2D eigenvalue weighted by atomic mass is 35.5. The van der Waals surface area contributed by atoms with Crippen molar-refractivity contribution in [1.82, 2.24) is 4.90 Å². The highest BCUT2D eigenvalue weighted by molar-refractivity contribution is 6.31. The van der Waals surface area contributed by atoms with E-state index in [0.29, 0.717) is 5.76 Å². The van der Waals surface area contributed by atoms with E-state index in [1.807, 2.05) is 0 Å². The molecule has 1 aliphatic rings. The third-order valence-corrected chi connectivity index (χ3v) is 4.87. The van der Waals surface area contributed by atoms with Crippen LogP contribution in [0.4, 0.5) is 10.1 Å². The van der Waals surface area contributed by atoms with Crippen LogP contribution in [0.2, 0.25) is 5.02 Å². The number of fused-ring (bicyclic) bond motifs is 1. The first-order valence-electron chi connectivity index (χ1n) is 9.28. The number of esters is 1. The summed E-state index contributed by atoms with van der Waals surface area (Å²) in [7, 11) is 0. The number of furan rings is 1. The van der Waals surface area contributed by atoms with Gasteiger partial charge in [-0.2, -0.15) is 0 Å². The number of halogens is 2. The number of benzene rings is 2. The number of ether oxygens (including phenoxy) is 1. The van der Waals surface area contributed by atoms with Gasteiger partial charge in [0.2, 0.25) is 0 Å². The third kappa shape index (κ3) is 4.23. The monoisotopic (exact) mass is 456 g/mol. The fourth-order valence-corrected chi connectivity index (χ4v) is 3.29. The molecule has 2 heterocycles. The zero-order valence-corrected chi connectivity index (χ0v) is 17.0. The Balaban J connectivity index is 1.41. The standard InChI is InChI=1S/C22H14ClFN2O6/c23-13-4-6-17(24)18(9-13)25-19(27)11-32-22(30)12-3-5-15-16(8-12)21(29)26(20(15)28)10-14-2-1-7-31-14/h1-9H,10-11H2,(H,25,27). The van der Waals surface area contributed by atoms with Gasteiger partial charge in [-0.3, -0.25) is 19.3 Å². The second-order valence-electron chi connectivity index (χ2n) is 6.78. The molecule has 0 saturated carbocycles. The first kappa shape index (κ1) is 21.3. The summed E-state index contributed by atoms with van der Waals surface area (Å²) in [6, 6.07) is 10.8. The van der Waals surface area contributed by atoms with Crippen LogP contribution in [0.5, 0.6) is 0 Å². The molecule has 1 N–H and O–H groups in total. The van der Waals surface area contributed by atoms with E-state index in [2.05, 4.69) is 5.32 Å². The summed E-state index contributed by atoms with van der Waals surface area (Å²) in [6.07, 6.45) is 1.43. The number of carbonyl (C=O) groups excluding carboxylic acids is 4. The Hall–Kier alpha value is -3.98. The minimum atomic E-state index is -0.890. The number of rotatable bonds is 6. The van der Waals surface area contributed by atoms with E-state index in [9.17, 15) is 23.6 Å². The summed E-state index contributed by atoms with van der Waals surface area (Å²) in [5, 5.41) is 2.47. The van der Waals surface area contributed by atoms with Crippen molar-refractivity contribution in [3.63, 3.8) is 0 Å². The smallest absolute Gasteiger partial charge is 0.338 e. The molecule has 0 aliphatic carbocycles. The van der Waals surface area contributed by atoms with Crippen molar-refractivity contribution >= 4 is 41.0 Å². The molecule has 2 aromatic carbocycles. The first-order valence-corrected chi connectivity index (χ1v) is 9.66. The van der Waals surface area contributed by atoms with Crippen molar-refractivity contribution in [3.8, 4) is 0 Å². The molecule has 3 aromatic rings. The van der Waals surface area contributed by atoms with E-state index in [4.69, 9.17) is 20.8 Å². The fourth-order valence-electron chi connectivity index (χ4n) is 3.11.